The smallest absolute Gasteiger partial charge is 0.306 e. The van der Waals surface area contributed by atoms with Crippen molar-refractivity contribution in [1.29, 1.82) is 0 Å². The van der Waals surface area contributed by atoms with Gasteiger partial charge in [-0.05, 0) is 42.3 Å². The number of hydrogen-bond acceptors (Lipinski definition) is 5. The zero-order valence-electron chi connectivity index (χ0n) is 21.9. The van der Waals surface area contributed by atoms with Crippen LogP contribution >= 0.6 is 0 Å². The third kappa shape index (κ3) is 7.82. The number of methoxy groups -OCH3 is 1. The molecule has 0 aliphatic carbocycles. The van der Waals surface area contributed by atoms with Crippen LogP contribution in [0.3, 0.4) is 0 Å². The quantitative estimate of drug-likeness (QED) is 0.199. The van der Waals surface area contributed by atoms with Crippen molar-refractivity contribution in [2.45, 2.75) is 116 Å². The van der Waals surface area contributed by atoms with Gasteiger partial charge >= 0.3 is 5.97 Å². The Morgan fingerprint density at radius 1 is 1.19 bits per heavy atom. The first kappa shape index (κ1) is 29.1. The number of esters is 1. The Kier molecular flexibility index (Phi) is 12.4. The minimum absolute atomic E-state index is 0.00539. The van der Waals surface area contributed by atoms with E-state index in [0.717, 1.165) is 18.4 Å². The largest absolute Gasteiger partial charge is 0.459 e. The van der Waals surface area contributed by atoms with Gasteiger partial charge in [0.1, 0.15) is 12.2 Å². The molecular weight excluding hydrogens is 420 g/mol. The Balaban J connectivity index is 3.34. The van der Waals surface area contributed by atoms with Gasteiger partial charge < -0.3 is 19.0 Å². The summed E-state index contributed by atoms with van der Waals surface area (Å²) in [4.78, 5) is 12.3. The van der Waals surface area contributed by atoms with E-state index in [2.05, 4.69) is 73.6 Å². The second-order valence-electron chi connectivity index (χ2n) is 10.2. The lowest BCUT2D eigenvalue weighted by Crippen LogP contribution is -2.53. The van der Waals surface area contributed by atoms with E-state index in [0.29, 0.717) is 23.0 Å². The average molecular weight is 469 g/mol. The molecule has 0 amide bonds. The van der Waals surface area contributed by atoms with Crippen molar-refractivity contribution in [1.82, 2.24) is 0 Å². The van der Waals surface area contributed by atoms with Gasteiger partial charge in [-0.15, -0.1) is 0 Å². The molecule has 0 aromatic heterocycles. The van der Waals surface area contributed by atoms with Crippen molar-refractivity contribution in [3.63, 3.8) is 0 Å². The fourth-order valence-electron chi connectivity index (χ4n) is 5.27. The maximum Gasteiger partial charge on any atom is 0.306 e. The summed E-state index contributed by atoms with van der Waals surface area (Å²) in [5.74, 6) is -0.323. The molecule has 186 valence electrons. The SMILES string of the molecule is CCC[C@H](/C=C/C(C)=C/[C@@H](O[Si](C(C)C)(C(C)C)C(C)C)[C@H]1C[C@@H](CO)CC(=O)O1)OC. The molecular formula is C26H48O5Si. The molecule has 1 fully saturated rings. The number of aliphatic hydroxyl groups excluding tert-OH is 1. The summed E-state index contributed by atoms with van der Waals surface area (Å²) in [5.41, 5.74) is 2.33. The number of cyclic esters (lactones) is 1. The van der Waals surface area contributed by atoms with E-state index in [-0.39, 0.29) is 43.2 Å². The molecule has 1 rings (SSSR count). The van der Waals surface area contributed by atoms with Gasteiger partial charge in [-0.2, -0.15) is 0 Å². The highest BCUT2D eigenvalue weighted by Gasteiger charge is 2.48. The summed E-state index contributed by atoms with van der Waals surface area (Å²) in [7, 11) is -0.471. The third-order valence-corrected chi connectivity index (χ3v) is 12.9. The van der Waals surface area contributed by atoms with Crippen molar-refractivity contribution < 1.29 is 23.8 Å². The number of carbonyl (C=O) groups is 1. The van der Waals surface area contributed by atoms with E-state index in [9.17, 15) is 9.90 Å². The molecule has 1 heterocycles. The summed E-state index contributed by atoms with van der Waals surface area (Å²) in [5, 5.41) is 9.73. The molecule has 0 radical (unpaired) electrons. The highest BCUT2D eigenvalue weighted by Crippen LogP contribution is 2.44. The van der Waals surface area contributed by atoms with Crippen LogP contribution in [0.1, 0.15) is 81.1 Å². The van der Waals surface area contributed by atoms with Crippen molar-refractivity contribution in [2.75, 3.05) is 13.7 Å². The average Bonchev–Trinajstić information content (AvgIpc) is 2.72. The molecule has 0 aromatic rings. The minimum atomic E-state index is -2.21. The molecule has 32 heavy (non-hydrogen) atoms. The molecule has 0 aromatic carbocycles. The number of rotatable bonds is 13. The van der Waals surface area contributed by atoms with E-state index in [1.165, 1.54) is 0 Å². The molecule has 0 spiro atoms. The summed E-state index contributed by atoms with van der Waals surface area (Å²) in [6.45, 7) is 17.8. The van der Waals surface area contributed by atoms with Crippen LogP contribution in [0.5, 0.6) is 0 Å². The second-order valence-corrected chi connectivity index (χ2v) is 15.7. The fraction of sp³-hybridized carbons (Fsp3) is 0.808. The summed E-state index contributed by atoms with van der Waals surface area (Å²) < 4.78 is 18.4. The van der Waals surface area contributed by atoms with Crippen LogP contribution < -0.4 is 0 Å². The van der Waals surface area contributed by atoms with Gasteiger partial charge in [0, 0.05) is 13.7 Å². The summed E-state index contributed by atoms with van der Waals surface area (Å²) >= 11 is 0. The second kappa shape index (κ2) is 13.7. The van der Waals surface area contributed by atoms with Crippen molar-refractivity contribution in [3.8, 4) is 0 Å². The van der Waals surface area contributed by atoms with Gasteiger partial charge in [0.25, 0.3) is 0 Å². The Bertz CT molecular complexity index is 604. The van der Waals surface area contributed by atoms with Crippen molar-refractivity contribution in [2.24, 2.45) is 5.92 Å². The Labute approximate surface area is 197 Å². The maximum absolute atomic E-state index is 12.3. The van der Waals surface area contributed by atoms with E-state index < -0.39 is 8.32 Å². The summed E-state index contributed by atoms with van der Waals surface area (Å²) in [6, 6.07) is 0. The van der Waals surface area contributed by atoms with Crippen molar-refractivity contribution in [3.05, 3.63) is 23.8 Å². The molecule has 6 heteroatoms. The molecule has 0 saturated carbocycles. The van der Waals surface area contributed by atoms with Crippen molar-refractivity contribution >= 4 is 14.3 Å². The monoisotopic (exact) mass is 468 g/mol. The normalized spacial score (nSPS) is 22.8. The van der Waals surface area contributed by atoms with Crippen LogP contribution in [0.15, 0.2) is 23.8 Å². The van der Waals surface area contributed by atoms with Gasteiger partial charge in [-0.3, -0.25) is 4.79 Å². The van der Waals surface area contributed by atoms with Crippen LogP contribution in [-0.2, 0) is 18.7 Å². The van der Waals surface area contributed by atoms with Gasteiger partial charge in [-0.25, -0.2) is 0 Å². The Morgan fingerprint density at radius 3 is 2.25 bits per heavy atom. The standard InChI is InChI=1S/C26H48O5Si/c1-10-11-23(29-9)13-12-21(8)14-25(24-15-22(17-27)16-26(28)30-24)31-32(18(2)3,19(4)5)20(6)7/h12-14,18-20,22-25,27H,10-11,15-17H2,1-9H3/b13-12+,21-14+/t22-,23-,24-,25-/m1/s1. The number of hydrogen-bond donors (Lipinski definition) is 1. The van der Waals surface area contributed by atoms with Gasteiger partial charge in [0.2, 0.25) is 8.32 Å². The van der Waals surface area contributed by atoms with Crippen LogP contribution in [0, 0.1) is 5.92 Å². The predicted molar refractivity (Wildman–Crippen MR) is 134 cm³/mol. The highest BCUT2D eigenvalue weighted by molar-refractivity contribution is 6.77. The van der Waals surface area contributed by atoms with Gasteiger partial charge in [0.15, 0.2) is 0 Å². The molecule has 0 unspecified atom stereocenters. The zero-order valence-corrected chi connectivity index (χ0v) is 22.9. The number of allylic oxidation sites excluding steroid dienone is 2. The molecule has 0 bridgehead atoms. The van der Waals surface area contributed by atoms with E-state index in [1.54, 1.807) is 7.11 Å². The van der Waals surface area contributed by atoms with Crippen LogP contribution in [0.2, 0.25) is 16.6 Å². The minimum Gasteiger partial charge on any atom is -0.459 e. The lowest BCUT2D eigenvalue weighted by atomic mass is 9.92. The van der Waals surface area contributed by atoms with Crippen LogP contribution in [0.4, 0.5) is 0 Å². The van der Waals surface area contributed by atoms with Gasteiger partial charge in [0.05, 0.1) is 12.5 Å². The zero-order chi connectivity index (χ0) is 24.5. The first-order chi connectivity index (χ1) is 15.0. The third-order valence-electron chi connectivity index (χ3n) is 6.85. The van der Waals surface area contributed by atoms with E-state index in [1.807, 2.05) is 0 Å². The number of aliphatic hydroxyl groups is 1. The predicted octanol–water partition coefficient (Wildman–Crippen LogP) is 6.18. The van der Waals surface area contributed by atoms with E-state index in [4.69, 9.17) is 13.9 Å². The summed E-state index contributed by atoms with van der Waals surface area (Å²) in [6.07, 6.45) is 8.59. The van der Waals surface area contributed by atoms with E-state index >= 15 is 0 Å². The molecule has 1 saturated heterocycles. The van der Waals surface area contributed by atoms with Crippen LogP contribution in [-0.4, -0.2) is 51.4 Å². The lowest BCUT2D eigenvalue weighted by Gasteiger charge is -2.46. The first-order valence-corrected chi connectivity index (χ1v) is 14.5. The number of ether oxygens (including phenoxy) is 2. The highest BCUT2D eigenvalue weighted by atomic mass is 28.4. The fourth-order valence-corrected chi connectivity index (χ4v) is 10.8. The number of carbonyl (C=O) groups excluding carboxylic acids is 1. The lowest BCUT2D eigenvalue weighted by molar-refractivity contribution is -0.163. The molecule has 4 atom stereocenters. The molecule has 5 nitrogen and oxygen atoms in total. The maximum atomic E-state index is 12.3. The molecule has 1 aliphatic rings. The molecule has 1 aliphatic heterocycles. The van der Waals surface area contributed by atoms with Gasteiger partial charge in [-0.1, -0.05) is 78.7 Å². The topological polar surface area (TPSA) is 65.0 Å². The Morgan fingerprint density at radius 2 is 1.78 bits per heavy atom. The van der Waals surface area contributed by atoms with Crippen LogP contribution in [0.25, 0.3) is 0 Å². The molecule has 1 N–H and O–H groups in total. The Hall–Kier alpha value is -0.953. The first-order valence-electron chi connectivity index (χ1n) is 12.4.